The van der Waals surface area contributed by atoms with Gasteiger partial charge in [0.25, 0.3) is 0 Å². The van der Waals surface area contributed by atoms with Gasteiger partial charge in [0.2, 0.25) is 0 Å². The molecule has 32 heavy (non-hydrogen) atoms. The topological polar surface area (TPSA) is 73.9 Å². The number of carbonyl (C=O) groups is 2. The van der Waals surface area contributed by atoms with Crippen LogP contribution in [0.4, 0.5) is 13.2 Å². The standard InChI is InChI=1S/C23H26F3NO5/c24-23(25,26)22(29)32-21(28)12-14-27-13-4-7-18-8-10-20(11-9-18)31-16-15-30-17-19-5-2-1-3-6-19/h1-3,5-6,8-11,27H,4,7,12-17H2. The van der Waals surface area contributed by atoms with Gasteiger partial charge in [0, 0.05) is 6.54 Å². The molecule has 0 saturated carbocycles. The highest BCUT2D eigenvalue weighted by atomic mass is 19.4. The highest BCUT2D eigenvalue weighted by Gasteiger charge is 2.42. The normalized spacial score (nSPS) is 11.2. The van der Waals surface area contributed by atoms with E-state index in [9.17, 15) is 22.8 Å². The fourth-order valence-corrected chi connectivity index (χ4v) is 2.68. The fourth-order valence-electron chi connectivity index (χ4n) is 2.68. The van der Waals surface area contributed by atoms with Crippen molar-refractivity contribution in [3.8, 4) is 5.75 Å². The fraction of sp³-hybridized carbons (Fsp3) is 0.391. The summed E-state index contributed by atoms with van der Waals surface area (Å²) in [5, 5.41) is 2.93. The van der Waals surface area contributed by atoms with Crippen molar-refractivity contribution in [3.05, 3.63) is 65.7 Å². The van der Waals surface area contributed by atoms with E-state index in [4.69, 9.17) is 9.47 Å². The minimum atomic E-state index is -5.17. The summed E-state index contributed by atoms with van der Waals surface area (Å²) in [6.45, 7) is 2.18. The summed E-state index contributed by atoms with van der Waals surface area (Å²) in [6, 6.07) is 17.6. The summed E-state index contributed by atoms with van der Waals surface area (Å²) in [5.74, 6) is -2.95. The molecule has 0 fully saturated rings. The molecule has 174 valence electrons. The van der Waals surface area contributed by atoms with Crippen molar-refractivity contribution in [1.29, 1.82) is 0 Å². The Kier molecular flexibility index (Phi) is 10.7. The molecule has 0 bridgehead atoms. The number of nitrogens with one attached hydrogen (secondary N) is 1. The molecule has 0 aliphatic carbocycles. The van der Waals surface area contributed by atoms with E-state index in [0.29, 0.717) is 26.4 Å². The van der Waals surface area contributed by atoms with Crippen LogP contribution in [-0.2, 0) is 32.1 Å². The Balaban J connectivity index is 1.51. The number of esters is 2. The number of ether oxygens (including phenoxy) is 3. The third-order valence-corrected chi connectivity index (χ3v) is 4.29. The molecule has 0 saturated heterocycles. The molecule has 0 amide bonds. The number of hydrogen-bond acceptors (Lipinski definition) is 6. The zero-order valence-electron chi connectivity index (χ0n) is 17.5. The van der Waals surface area contributed by atoms with Crippen molar-refractivity contribution in [1.82, 2.24) is 5.32 Å². The summed E-state index contributed by atoms with van der Waals surface area (Å²) in [6.07, 6.45) is -3.93. The maximum absolute atomic E-state index is 12.0. The van der Waals surface area contributed by atoms with Crippen LogP contribution in [-0.4, -0.2) is 44.4 Å². The van der Waals surface area contributed by atoms with Gasteiger partial charge >= 0.3 is 18.1 Å². The number of alkyl halides is 3. The molecule has 6 nitrogen and oxygen atoms in total. The SMILES string of the molecule is O=C(CCNCCCc1ccc(OCCOCc2ccccc2)cc1)OC(=O)C(F)(F)F. The van der Waals surface area contributed by atoms with Crippen LogP contribution in [0.2, 0.25) is 0 Å². The molecule has 0 aliphatic rings. The third-order valence-electron chi connectivity index (χ3n) is 4.29. The van der Waals surface area contributed by atoms with E-state index in [1.54, 1.807) is 0 Å². The quantitative estimate of drug-likeness (QED) is 0.282. The second-order valence-corrected chi connectivity index (χ2v) is 6.89. The van der Waals surface area contributed by atoms with Gasteiger partial charge in [0.15, 0.2) is 0 Å². The Morgan fingerprint density at radius 2 is 1.59 bits per heavy atom. The summed E-state index contributed by atoms with van der Waals surface area (Å²) in [7, 11) is 0. The van der Waals surface area contributed by atoms with Crippen molar-refractivity contribution in [2.24, 2.45) is 0 Å². The van der Waals surface area contributed by atoms with Gasteiger partial charge in [-0.25, -0.2) is 4.79 Å². The van der Waals surface area contributed by atoms with E-state index in [2.05, 4.69) is 10.1 Å². The van der Waals surface area contributed by atoms with E-state index in [0.717, 1.165) is 29.7 Å². The molecule has 0 aliphatic heterocycles. The second-order valence-electron chi connectivity index (χ2n) is 6.89. The average molecular weight is 453 g/mol. The lowest BCUT2D eigenvalue weighted by molar-refractivity contribution is -0.201. The number of carbonyl (C=O) groups excluding carboxylic acids is 2. The lowest BCUT2D eigenvalue weighted by Crippen LogP contribution is -2.29. The number of halogens is 3. The Hall–Kier alpha value is -2.91. The van der Waals surface area contributed by atoms with Crippen LogP contribution < -0.4 is 10.1 Å². The average Bonchev–Trinajstić information content (AvgIpc) is 2.77. The number of rotatable bonds is 13. The lowest BCUT2D eigenvalue weighted by atomic mass is 10.1. The minimum absolute atomic E-state index is 0.128. The third kappa shape index (κ3) is 10.4. The summed E-state index contributed by atoms with van der Waals surface area (Å²) in [4.78, 5) is 21.7. The minimum Gasteiger partial charge on any atom is -0.491 e. The molecule has 2 aromatic carbocycles. The summed E-state index contributed by atoms with van der Waals surface area (Å²) >= 11 is 0. The molecule has 9 heteroatoms. The first-order valence-electron chi connectivity index (χ1n) is 10.2. The largest absolute Gasteiger partial charge is 0.491 e. The maximum atomic E-state index is 12.0. The first kappa shape index (κ1) is 25.4. The second kappa shape index (κ2) is 13.5. The Morgan fingerprint density at radius 3 is 2.28 bits per heavy atom. The predicted octanol–water partition coefficient (Wildman–Crippen LogP) is 3.83. The zero-order chi connectivity index (χ0) is 23.2. The van der Waals surface area contributed by atoms with Gasteiger partial charge in [-0.2, -0.15) is 13.2 Å². The monoisotopic (exact) mass is 453 g/mol. The van der Waals surface area contributed by atoms with Crippen LogP contribution in [0.1, 0.15) is 24.0 Å². The maximum Gasteiger partial charge on any atom is 0.491 e. The molecule has 0 heterocycles. The molecule has 0 aromatic heterocycles. The van der Waals surface area contributed by atoms with Crippen LogP contribution in [0.5, 0.6) is 5.75 Å². The van der Waals surface area contributed by atoms with Gasteiger partial charge in [-0.15, -0.1) is 0 Å². The van der Waals surface area contributed by atoms with Gasteiger partial charge in [-0.3, -0.25) is 4.79 Å². The van der Waals surface area contributed by atoms with Crippen molar-refractivity contribution in [2.45, 2.75) is 32.0 Å². The molecular formula is C23H26F3NO5. The van der Waals surface area contributed by atoms with E-state index < -0.39 is 18.1 Å². The van der Waals surface area contributed by atoms with E-state index in [1.165, 1.54) is 0 Å². The molecule has 2 aromatic rings. The van der Waals surface area contributed by atoms with Crippen LogP contribution in [0, 0.1) is 0 Å². The van der Waals surface area contributed by atoms with Gasteiger partial charge in [0.05, 0.1) is 19.6 Å². The van der Waals surface area contributed by atoms with Gasteiger partial charge in [-0.05, 0) is 42.6 Å². The molecule has 0 unspecified atom stereocenters. The molecule has 1 N–H and O–H groups in total. The Labute approximate surface area is 184 Å². The summed E-state index contributed by atoms with van der Waals surface area (Å²) < 4.78 is 50.9. The molecular weight excluding hydrogens is 427 g/mol. The van der Waals surface area contributed by atoms with Crippen LogP contribution in [0.25, 0.3) is 0 Å². The van der Waals surface area contributed by atoms with Crippen molar-refractivity contribution >= 4 is 11.9 Å². The Morgan fingerprint density at radius 1 is 0.875 bits per heavy atom. The van der Waals surface area contributed by atoms with Gasteiger partial charge < -0.3 is 19.5 Å². The Bertz CT molecular complexity index is 826. The highest BCUT2D eigenvalue weighted by molar-refractivity contribution is 5.88. The first-order chi connectivity index (χ1) is 15.3. The van der Waals surface area contributed by atoms with Crippen LogP contribution in [0.3, 0.4) is 0 Å². The smallest absolute Gasteiger partial charge is 0.491 e. The highest BCUT2D eigenvalue weighted by Crippen LogP contribution is 2.16. The summed E-state index contributed by atoms with van der Waals surface area (Å²) in [5.41, 5.74) is 2.22. The zero-order valence-corrected chi connectivity index (χ0v) is 17.5. The van der Waals surface area contributed by atoms with E-state index >= 15 is 0 Å². The van der Waals surface area contributed by atoms with Gasteiger partial charge in [0.1, 0.15) is 12.4 Å². The molecule has 0 radical (unpaired) electrons. The molecule has 0 atom stereocenters. The van der Waals surface area contributed by atoms with Crippen molar-refractivity contribution in [2.75, 3.05) is 26.3 Å². The van der Waals surface area contributed by atoms with Crippen molar-refractivity contribution in [3.63, 3.8) is 0 Å². The first-order valence-corrected chi connectivity index (χ1v) is 10.2. The number of hydrogen-bond donors (Lipinski definition) is 1. The van der Waals surface area contributed by atoms with Gasteiger partial charge in [-0.1, -0.05) is 42.5 Å². The van der Waals surface area contributed by atoms with E-state index in [-0.39, 0.29) is 13.0 Å². The van der Waals surface area contributed by atoms with E-state index in [1.807, 2.05) is 54.6 Å². The molecule has 2 rings (SSSR count). The lowest BCUT2D eigenvalue weighted by Gasteiger charge is -2.09. The predicted molar refractivity (Wildman–Crippen MR) is 111 cm³/mol. The van der Waals surface area contributed by atoms with Crippen LogP contribution >= 0.6 is 0 Å². The molecule has 0 spiro atoms. The number of aryl methyl sites for hydroxylation is 1. The van der Waals surface area contributed by atoms with Crippen molar-refractivity contribution < 1.29 is 37.0 Å². The van der Waals surface area contributed by atoms with Crippen LogP contribution in [0.15, 0.2) is 54.6 Å². The number of benzene rings is 2.